The Hall–Kier alpha value is -2.66. The fraction of sp³-hybridized carbons (Fsp3) is 0.263. The number of amides is 2. The van der Waals surface area contributed by atoms with E-state index in [1.807, 2.05) is 61.5 Å². The zero-order chi connectivity index (χ0) is 17.4. The van der Waals surface area contributed by atoms with Crippen LogP contribution in [0.5, 0.6) is 0 Å². The van der Waals surface area contributed by atoms with Gasteiger partial charge in [-0.15, -0.1) is 0 Å². The molecule has 2 rings (SSSR count). The molecule has 5 heteroatoms. The van der Waals surface area contributed by atoms with Crippen LogP contribution in [-0.4, -0.2) is 23.3 Å². The summed E-state index contributed by atoms with van der Waals surface area (Å²) >= 11 is 0. The quantitative estimate of drug-likeness (QED) is 0.795. The third-order valence-corrected chi connectivity index (χ3v) is 3.76. The summed E-state index contributed by atoms with van der Waals surface area (Å²) in [5, 5.41) is 2.68. The molecule has 0 fully saturated rings. The molecule has 0 aliphatic heterocycles. The van der Waals surface area contributed by atoms with Gasteiger partial charge >= 0.3 is 11.8 Å². The number of nitrogens with two attached hydrogens (primary N) is 1. The van der Waals surface area contributed by atoms with E-state index in [0.717, 1.165) is 16.7 Å². The highest BCUT2D eigenvalue weighted by Crippen LogP contribution is 2.06. The predicted molar refractivity (Wildman–Crippen MR) is 93.7 cm³/mol. The zero-order valence-corrected chi connectivity index (χ0v) is 13.9. The van der Waals surface area contributed by atoms with Crippen molar-refractivity contribution in [1.82, 2.24) is 10.2 Å². The van der Waals surface area contributed by atoms with E-state index in [4.69, 9.17) is 5.73 Å². The summed E-state index contributed by atoms with van der Waals surface area (Å²) in [6, 6.07) is 17.3. The lowest BCUT2D eigenvalue weighted by atomic mass is 10.1. The van der Waals surface area contributed by atoms with E-state index in [2.05, 4.69) is 5.32 Å². The summed E-state index contributed by atoms with van der Waals surface area (Å²) in [5.74, 6) is -1.11. The van der Waals surface area contributed by atoms with Crippen molar-refractivity contribution in [3.05, 3.63) is 71.3 Å². The SMILES string of the molecule is CCN(Cc1ccccc1)C(=O)C(=O)NCc1cccc(CN)c1. The van der Waals surface area contributed by atoms with Crippen LogP contribution in [0, 0.1) is 0 Å². The van der Waals surface area contributed by atoms with Crippen molar-refractivity contribution < 1.29 is 9.59 Å². The Kier molecular flexibility index (Phi) is 6.51. The van der Waals surface area contributed by atoms with E-state index in [9.17, 15) is 9.59 Å². The first-order chi connectivity index (χ1) is 11.6. The van der Waals surface area contributed by atoms with Crippen LogP contribution in [0.1, 0.15) is 23.6 Å². The van der Waals surface area contributed by atoms with Crippen molar-refractivity contribution in [2.75, 3.05) is 6.54 Å². The summed E-state index contributed by atoms with van der Waals surface area (Å²) in [4.78, 5) is 26.0. The Morgan fingerprint density at radius 2 is 1.67 bits per heavy atom. The molecular formula is C19H23N3O2. The molecule has 0 aromatic heterocycles. The molecule has 0 spiro atoms. The van der Waals surface area contributed by atoms with Gasteiger partial charge in [-0.2, -0.15) is 0 Å². The van der Waals surface area contributed by atoms with Gasteiger partial charge in [0.05, 0.1) is 0 Å². The number of rotatable bonds is 6. The van der Waals surface area contributed by atoms with E-state index in [1.165, 1.54) is 4.90 Å². The number of carbonyl (C=O) groups excluding carboxylic acids is 2. The van der Waals surface area contributed by atoms with Crippen LogP contribution < -0.4 is 11.1 Å². The van der Waals surface area contributed by atoms with Crippen LogP contribution in [0.15, 0.2) is 54.6 Å². The molecule has 0 aliphatic rings. The molecule has 0 saturated heterocycles. The lowest BCUT2D eigenvalue weighted by Gasteiger charge is -2.20. The summed E-state index contributed by atoms with van der Waals surface area (Å²) in [6.07, 6.45) is 0. The Balaban J connectivity index is 1.93. The van der Waals surface area contributed by atoms with Crippen molar-refractivity contribution >= 4 is 11.8 Å². The van der Waals surface area contributed by atoms with Crippen molar-refractivity contribution in [3.8, 4) is 0 Å². The molecular weight excluding hydrogens is 302 g/mol. The van der Waals surface area contributed by atoms with Gasteiger partial charge in [0.15, 0.2) is 0 Å². The van der Waals surface area contributed by atoms with E-state index < -0.39 is 11.8 Å². The number of hydrogen-bond acceptors (Lipinski definition) is 3. The molecule has 0 atom stereocenters. The van der Waals surface area contributed by atoms with Crippen LogP contribution in [-0.2, 0) is 29.2 Å². The van der Waals surface area contributed by atoms with Crippen LogP contribution >= 0.6 is 0 Å². The molecule has 0 aliphatic carbocycles. The fourth-order valence-corrected chi connectivity index (χ4v) is 2.40. The van der Waals surface area contributed by atoms with Crippen LogP contribution in [0.3, 0.4) is 0 Å². The maximum Gasteiger partial charge on any atom is 0.312 e. The first kappa shape index (κ1) is 17.7. The van der Waals surface area contributed by atoms with Gasteiger partial charge in [0, 0.05) is 26.2 Å². The Labute approximate surface area is 142 Å². The molecule has 5 nitrogen and oxygen atoms in total. The van der Waals surface area contributed by atoms with E-state index in [-0.39, 0.29) is 0 Å². The molecule has 0 heterocycles. The minimum absolute atomic E-state index is 0.307. The minimum atomic E-state index is -0.592. The van der Waals surface area contributed by atoms with Gasteiger partial charge in [-0.1, -0.05) is 54.6 Å². The average Bonchev–Trinajstić information content (AvgIpc) is 2.64. The monoisotopic (exact) mass is 325 g/mol. The van der Waals surface area contributed by atoms with Gasteiger partial charge in [-0.25, -0.2) is 0 Å². The Morgan fingerprint density at radius 3 is 2.33 bits per heavy atom. The second kappa shape index (κ2) is 8.84. The fourth-order valence-electron chi connectivity index (χ4n) is 2.40. The largest absolute Gasteiger partial charge is 0.344 e. The normalized spacial score (nSPS) is 10.2. The molecule has 0 unspecified atom stereocenters. The number of carbonyl (C=O) groups is 2. The van der Waals surface area contributed by atoms with Gasteiger partial charge < -0.3 is 16.0 Å². The third kappa shape index (κ3) is 4.93. The number of benzene rings is 2. The summed E-state index contributed by atoms with van der Waals surface area (Å²) in [7, 11) is 0. The molecule has 2 aromatic rings. The molecule has 2 amide bonds. The van der Waals surface area contributed by atoms with Crippen molar-refractivity contribution in [1.29, 1.82) is 0 Å². The van der Waals surface area contributed by atoms with E-state index >= 15 is 0 Å². The predicted octanol–water partition coefficient (Wildman–Crippen LogP) is 1.81. The Morgan fingerprint density at radius 1 is 1.00 bits per heavy atom. The highest BCUT2D eigenvalue weighted by atomic mass is 16.2. The van der Waals surface area contributed by atoms with Crippen LogP contribution in [0.2, 0.25) is 0 Å². The third-order valence-electron chi connectivity index (χ3n) is 3.76. The smallest absolute Gasteiger partial charge is 0.312 e. The molecule has 24 heavy (non-hydrogen) atoms. The minimum Gasteiger partial charge on any atom is -0.344 e. The summed E-state index contributed by atoms with van der Waals surface area (Å²) < 4.78 is 0. The number of hydrogen-bond donors (Lipinski definition) is 2. The summed E-state index contributed by atoms with van der Waals surface area (Å²) in [5.41, 5.74) is 8.52. The molecule has 0 bridgehead atoms. The lowest BCUT2D eigenvalue weighted by molar-refractivity contribution is -0.146. The van der Waals surface area contributed by atoms with Gasteiger partial charge in [0.25, 0.3) is 0 Å². The topological polar surface area (TPSA) is 75.4 Å². The number of likely N-dealkylation sites (N-methyl/N-ethyl adjacent to an activating group) is 1. The number of nitrogens with zero attached hydrogens (tertiary/aromatic N) is 1. The summed E-state index contributed by atoms with van der Waals surface area (Å²) in [6.45, 7) is 3.51. The molecule has 2 aromatic carbocycles. The van der Waals surface area contributed by atoms with Gasteiger partial charge in [-0.05, 0) is 23.6 Å². The van der Waals surface area contributed by atoms with Gasteiger partial charge in [-0.3, -0.25) is 9.59 Å². The van der Waals surface area contributed by atoms with Crippen molar-refractivity contribution in [2.45, 2.75) is 26.6 Å². The van der Waals surface area contributed by atoms with Crippen LogP contribution in [0.25, 0.3) is 0 Å². The van der Waals surface area contributed by atoms with Crippen molar-refractivity contribution in [2.24, 2.45) is 5.73 Å². The highest BCUT2D eigenvalue weighted by Gasteiger charge is 2.20. The highest BCUT2D eigenvalue weighted by molar-refractivity contribution is 6.34. The molecule has 126 valence electrons. The molecule has 3 N–H and O–H groups in total. The zero-order valence-electron chi connectivity index (χ0n) is 13.9. The standard InChI is InChI=1S/C19H23N3O2/c1-2-22(14-15-7-4-3-5-8-15)19(24)18(23)21-13-17-10-6-9-16(11-17)12-20/h3-11H,2,12-14,20H2,1H3,(H,21,23). The van der Waals surface area contributed by atoms with Gasteiger partial charge in [0.1, 0.15) is 0 Å². The second-order valence-electron chi connectivity index (χ2n) is 5.51. The molecule has 0 saturated carbocycles. The first-order valence-electron chi connectivity index (χ1n) is 8.03. The second-order valence-corrected chi connectivity index (χ2v) is 5.51. The maximum atomic E-state index is 12.3. The van der Waals surface area contributed by atoms with Crippen molar-refractivity contribution in [3.63, 3.8) is 0 Å². The first-order valence-corrected chi connectivity index (χ1v) is 8.03. The lowest BCUT2D eigenvalue weighted by Crippen LogP contribution is -2.42. The Bertz CT molecular complexity index is 686. The maximum absolute atomic E-state index is 12.3. The van der Waals surface area contributed by atoms with E-state index in [0.29, 0.717) is 26.2 Å². The van der Waals surface area contributed by atoms with Crippen LogP contribution in [0.4, 0.5) is 0 Å². The molecule has 0 radical (unpaired) electrons. The number of nitrogens with one attached hydrogen (secondary N) is 1. The average molecular weight is 325 g/mol. The van der Waals surface area contributed by atoms with E-state index in [1.54, 1.807) is 0 Å². The van der Waals surface area contributed by atoms with Gasteiger partial charge in [0.2, 0.25) is 0 Å².